The number of carboxylic acids is 1. The van der Waals surface area contributed by atoms with Gasteiger partial charge in [-0.05, 0) is 49.9 Å². The standard InChI is InChI=1S/C15H16N2O2/c1-10-4-3-5-12(11(10)2)17-9-6-13(16-17)15(7-8-15)14(18)19/h3-6,9H,7-8H2,1-2H3,(H,18,19). The monoisotopic (exact) mass is 256 g/mol. The summed E-state index contributed by atoms with van der Waals surface area (Å²) in [5, 5.41) is 13.8. The lowest BCUT2D eigenvalue weighted by Crippen LogP contribution is -2.20. The van der Waals surface area contributed by atoms with Crippen LogP contribution in [-0.4, -0.2) is 20.9 Å². The summed E-state index contributed by atoms with van der Waals surface area (Å²) in [6, 6.07) is 7.87. The summed E-state index contributed by atoms with van der Waals surface area (Å²) in [6.07, 6.45) is 3.22. The maximum Gasteiger partial charge on any atom is 0.315 e. The molecule has 2 aromatic rings. The van der Waals surface area contributed by atoms with Gasteiger partial charge in [0.2, 0.25) is 0 Å². The van der Waals surface area contributed by atoms with Crippen LogP contribution in [0, 0.1) is 13.8 Å². The molecular formula is C15H16N2O2. The number of carbonyl (C=O) groups is 1. The topological polar surface area (TPSA) is 55.1 Å². The molecule has 1 N–H and O–H groups in total. The maximum atomic E-state index is 11.3. The second-order valence-corrected chi connectivity index (χ2v) is 5.25. The molecule has 1 saturated carbocycles. The number of aromatic nitrogens is 2. The molecule has 0 bridgehead atoms. The number of rotatable bonds is 3. The Kier molecular flexibility index (Phi) is 2.49. The first kappa shape index (κ1) is 12.0. The van der Waals surface area contributed by atoms with Gasteiger partial charge in [-0.2, -0.15) is 5.10 Å². The fourth-order valence-electron chi connectivity index (χ4n) is 2.40. The molecule has 1 aromatic carbocycles. The molecule has 0 unspecified atom stereocenters. The van der Waals surface area contributed by atoms with Crippen LogP contribution < -0.4 is 0 Å². The molecular weight excluding hydrogens is 240 g/mol. The molecule has 0 aliphatic heterocycles. The van der Waals surface area contributed by atoms with Crippen LogP contribution in [-0.2, 0) is 10.2 Å². The molecule has 1 aliphatic rings. The fraction of sp³-hybridized carbons (Fsp3) is 0.333. The first-order valence-corrected chi connectivity index (χ1v) is 6.41. The van der Waals surface area contributed by atoms with Crippen molar-refractivity contribution in [3.8, 4) is 5.69 Å². The minimum atomic E-state index is -0.765. The lowest BCUT2D eigenvalue weighted by atomic mass is 10.0. The predicted molar refractivity (Wildman–Crippen MR) is 71.6 cm³/mol. The molecule has 4 nitrogen and oxygen atoms in total. The third-order valence-corrected chi connectivity index (χ3v) is 4.06. The van der Waals surface area contributed by atoms with Crippen molar-refractivity contribution in [2.75, 3.05) is 0 Å². The highest BCUT2D eigenvalue weighted by molar-refractivity contribution is 5.84. The highest BCUT2D eigenvalue weighted by atomic mass is 16.4. The Balaban J connectivity index is 2.03. The van der Waals surface area contributed by atoms with Gasteiger partial charge in [-0.25, -0.2) is 4.68 Å². The molecule has 19 heavy (non-hydrogen) atoms. The van der Waals surface area contributed by atoms with Gasteiger partial charge < -0.3 is 5.11 Å². The smallest absolute Gasteiger partial charge is 0.315 e. The van der Waals surface area contributed by atoms with Gasteiger partial charge in [0.15, 0.2) is 0 Å². The Bertz CT molecular complexity index is 654. The SMILES string of the molecule is Cc1cccc(-n2ccc(C3(C(=O)O)CC3)n2)c1C. The molecule has 3 rings (SSSR count). The van der Waals surface area contributed by atoms with E-state index in [2.05, 4.69) is 25.0 Å². The van der Waals surface area contributed by atoms with Crippen LogP contribution >= 0.6 is 0 Å². The van der Waals surface area contributed by atoms with Crippen molar-refractivity contribution in [1.29, 1.82) is 0 Å². The van der Waals surface area contributed by atoms with Crippen LogP contribution in [0.1, 0.15) is 29.7 Å². The molecule has 98 valence electrons. The number of aryl methyl sites for hydroxylation is 1. The van der Waals surface area contributed by atoms with E-state index in [0.717, 1.165) is 11.3 Å². The third kappa shape index (κ3) is 1.75. The van der Waals surface area contributed by atoms with E-state index in [1.807, 2.05) is 24.4 Å². The molecule has 0 spiro atoms. The van der Waals surface area contributed by atoms with Gasteiger partial charge in [0.1, 0.15) is 5.41 Å². The van der Waals surface area contributed by atoms with Crippen molar-refractivity contribution >= 4 is 5.97 Å². The van der Waals surface area contributed by atoms with E-state index in [1.54, 1.807) is 4.68 Å². The Morgan fingerprint density at radius 1 is 1.32 bits per heavy atom. The Morgan fingerprint density at radius 2 is 2.05 bits per heavy atom. The first-order chi connectivity index (χ1) is 9.04. The van der Waals surface area contributed by atoms with Crippen LogP contribution in [0.25, 0.3) is 5.69 Å². The largest absolute Gasteiger partial charge is 0.481 e. The summed E-state index contributed by atoms with van der Waals surface area (Å²) in [4.78, 5) is 11.3. The van der Waals surface area contributed by atoms with Crippen LogP contribution in [0.4, 0.5) is 0 Å². The number of carboxylic acid groups (broad SMARTS) is 1. The first-order valence-electron chi connectivity index (χ1n) is 6.41. The zero-order valence-electron chi connectivity index (χ0n) is 11.1. The number of aliphatic carboxylic acids is 1. The lowest BCUT2D eigenvalue weighted by Gasteiger charge is -2.09. The summed E-state index contributed by atoms with van der Waals surface area (Å²) < 4.78 is 1.78. The zero-order chi connectivity index (χ0) is 13.6. The van der Waals surface area contributed by atoms with E-state index in [-0.39, 0.29) is 0 Å². The minimum absolute atomic E-state index is 0.668. The number of hydrogen-bond acceptors (Lipinski definition) is 2. The van der Waals surface area contributed by atoms with Crippen molar-refractivity contribution in [2.45, 2.75) is 32.1 Å². The summed E-state index contributed by atoms with van der Waals surface area (Å²) >= 11 is 0. The molecule has 0 saturated heterocycles. The van der Waals surface area contributed by atoms with Crippen molar-refractivity contribution < 1.29 is 9.90 Å². The number of nitrogens with zero attached hydrogens (tertiary/aromatic N) is 2. The quantitative estimate of drug-likeness (QED) is 0.918. The predicted octanol–water partition coefficient (Wildman–Crippen LogP) is 2.61. The molecule has 0 amide bonds. The Morgan fingerprint density at radius 3 is 2.68 bits per heavy atom. The van der Waals surface area contributed by atoms with Gasteiger partial charge >= 0.3 is 5.97 Å². The van der Waals surface area contributed by atoms with Crippen molar-refractivity contribution in [1.82, 2.24) is 9.78 Å². The molecule has 4 heteroatoms. The molecule has 1 aromatic heterocycles. The number of benzene rings is 1. The van der Waals surface area contributed by atoms with Gasteiger partial charge in [0.25, 0.3) is 0 Å². The second kappa shape index (κ2) is 3.95. The summed E-state index contributed by atoms with van der Waals surface area (Å²) in [7, 11) is 0. The van der Waals surface area contributed by atoms with E-state index in [0.29, 0.717) is 18.5 Å². The fourth-order valence-corrected chi connectivity index (χ4v) is 2.40. The normalized spacial score (nSPS) is 16.3. The van der Waals surface area contributed by atoms with E-state index in [9.17, 15) is 9.90 Å². The zero-order valence-corrected chi connectivity index (χ0v) is 11.1. The van der Waals surface area contributed by atoms with Crippen LogP contribution in [0.3, 0.4) is 0 Å². The van der Waals surface area contributed by atoms with Crippen LogP contribution in [0.5, 0.6) is 0 Å². The van der Waals surface area contributed by atoms with Crippen LogP contribution in [0.2, 0.25) is 0 Å². The van der Waals surface area contributed by atoms with Gasteiger partial charge in [-0.1, -0.05) is 12.1 Å². The molecule has 1 heterocycles. The van der Waals surface area contributed by atoms with E-state index in [4.69, 9.17) is 0 Å². The molecule has 0 radical (unpaired) electrons. The van der Waals surface area contributed by atoms with Gasteiger partial charge in [-0.3, -0.25) is 4.79 Å². The highest BCUT2D eigenvalue weighted by Gasteiger charge is 2.53. The highest BCUT2D eigenvalue weighted by Crippen LogP contribution is 2.47. The van der Waals surface area contributed by atoms with E-state index >= 15 is 0 Å². The van der Waals surface area contributed by atoms with Gasteiger partial charge in [0.05, 0.1) is 11.4 Å². The van der Waals surface area contributed by atoms with Crippen LogP contribution in [0.15, 0.2) is 30.5 Å². The summed E-state index contributed by atoms with van der Waals surface area (Å²) in [6.45, 7) is 4.11. The summed E-state index contributed by atoms with van der Waals surface area (Å²) in [5.41, 5.74) is 3.31. The number of hydrogen-bond donors (Lipinski definition) is 1. The minimum Gasteiger partial charge on any atom is -0.481 e. The summed E-state index contributed by atoms with van der Waals surface area (Å²) in [5.74, 6) is -0.765. The van der Waals surface area contributed by atoms with E-state index in [1.165, 1.54) is 5.56 Å². The van der Waals surface area contributed by atoms with Gasteiger partial charge in [-0.15, -0.1) is 0 Å². The Labute approximate surface area is 111 Å². The molecule has 0 atom stereocenters. The Hall–Kier alpha value is -2.10. The van der Waals surface area contributed by atoms with E-state index < -0.39 is 11.4 Å². The molecule has 1 aliphatic carbocycles. The average molecular weight is 256 g/mol. The van der Waals surface area contributed by atoms with Crippen molar-refractivity contribution in [2.24, 2.45) is 0 Å². The lowest BCUT2D eigenvalue weighted by molar-refractivity contribution is -0.140. The third-order valence-electron chi connectivity index (χ3n) is 4.06. The molecule has 1 fully saturated rings. The van der Waals surface area contributed by atoms with Crippen molar-refractivity contribution in [3.05, 3.63) is 47.3 Å². The van der Waals surface area contributed by atoms with Crippen molar-refractivity contribution in [3.63, 3.8) is 0 Å². The average Bonchev–Trinajstić information content (AvgIpc) is 3.06. The van der Waals surface area contributed by atoms with Gasteiger partial charge in [0, 0.05) is 6.20 Å². The maximum absolute atomic E-state index is 11.3. The second-order valence-electron chi connectivity index (χ2n) is 5.25.